The summed E-state index contributed by atoms with van der Waals surface area (Å²) in [5.74, 6) is 2.41. The van der Waals surface area contributed by atoms with Crippen LogP contribution in [0.25, 0.3) is 0 Å². The van der Waals surface area contributed by atoms with Gasteiger partial charge in [-0.05, 0) is 56.8 Å². The van der Waals surface area contributed by atoms with Crippen LogP contribution in [0.3, 0.4) is 0 Å². The van der Waals surface area contributed by atoms with Crippen molar-refractivity contribution in [2.45, 2.75) is 52.4 Å². The van der Waals surface area contributed by atoms with Gasteiger partial charge in [-0.15, -0.1) is 0 Å². The molecule has 0 aromatic carbocycles. The molecule has 2 rings (SSSR count). The quantitative estimate of drug-likeness (QED) is 0.740. The summed E-state index contributed by atoms with van der Waals surface area (Å²) in [5.41, 5.74) is 5.50. The first-order valence-electron chi connectivity index (χ1n) is 7.52. The number of carbonyl (C=O) groups excluding carboxylic acids is 1. The second-order valence-electron chi connectivity index (χ2n) is 6.20. The van der Waals surface area contributed by atoms with E-state index in [-0.39, 0.29) is 5.97 Å². The van der Waals surface area contributed by atoms with E-state index < -0.39 is 5.41 Å². The lowest BCUT2D eigenvalue weighted by molar-refractivity contribution is -0.156. The van der Waals surface area contributed by atoms with Gasteiger partial charge in [0.25, 0.3) is 0 Å². The van der Waals surface area contributed by atoms with Gasteiger partial charge in [-0.3, -0.25) is 4.79 Å². The van der Waals surface area contributed by atoms with Gasteiger partial charge in [-0.1, -0.05) is 13.3 Å². The smallest absolute Gasteiger partial charge is 0.313 e. The number of nitrogens with two attached hydrogens (primary N) is 1. The second kappa shape index (κ2) is 5.60. The maximum atomic E-state index is 12.2. The molecule has 3 heteroatoms. The fraction of sp³-hybridized carbons (Fsp3) is 0.933. The largest absolute Gasteiger partial charge is 0.466 e. The number of rotatable bonds is 6. The van der Waals surface area contributed by atoms with Crippen molar-refractivity contribution in [1.29, 1.82) is 0 Å². The van der Waals surface area contributed by atoms with E-state index in [1.807, 2.05) is 6.92 Å². The number of esters is 1. The van der Waals surface area contributed by atoms with Gasteiger partial charge in [0, 0.05) is 6.54 Å². The molecule has 2 fully saturated rings. The number of hydrogen-bond donors (Lipinski definition) is 1. The minimum atomic E-state index is -0.425. The Balaban J connectivity index is 2.03. The van der Waals surface area contributed by atoms with E-state index in [1.165, 1.54) is 25.7 Å². The van der Waals surface area contributed by atoms with Gasteiger partial charge in [0.15, 0.2) is 0 Å². The van der Waals surface area contributed by atoms with Crippen LogP contribution >= 0.6 is 0 Å². The molecule has 2 aliphatic carbocycles. The zero-order chi connectivity index (χ0) is 13.2. The Morgan fingerprint density at radius 2 is 2.11 bits per heavy atom. The molecule has 2 aliphatic rings. The minimum absolute atomic E-state index is 0.0715. The molecule has 0 aromatic heterocycles. The Morgan fingerprint density at radius 1 is 1.33 bits per heavy atom. The van der Waals surface area contributed by atoms with Crippen molar-refractivity contribution < 1.29 is 9.53 Å². The molecule has 3 nitrogen and oxygen atoms in total. The molecule has 18 heavy (non-hydrogen) atoms. The highest BCUT2D eigenvalue weighted by atomic mass is 16.5. The van der Waals surface area contributed by atoms with Gasteiger partial charge in [-0.2, -0.15) is 0 Å². The normalized spacial score (nSPS) is 33.4. The van der Waals surface area contributed by atoms with E-state index in [2.05, 4.69) is 6.92 Å². The Bertz CT molecular complexity index is 299. The van der Waals surface area contributed by atoms with Crippen LogP contribution in [0.15, 0.2) is 0 Å². The standard InChI is InChI=1S/C15H27NO2/c1-3-15(10-16,14(17)18-4-2)9-13-8-11-5-6-12(13)7-11/h11-13H,3-10,16H2,1-2H3. The fourth-order valence-electron chi connectivity index (χ4n) is 4.10. The third-order valence-corrected chi connectivity index (χ3v) is 5.31. The first-order valence-corrected chi connectivity index (χ1v) is 7.52. The molecule has 0 aromatic rings. The van der Waals surface area contributed by atoms with Gasteiger partial charge in [0.1, 0.15) is 0 Å². The first-order chi connectivity index (χ1) is 8.65. The lowest BCUT2D eigenvalue weighted by atomic mass is 9.72. The number of ether oxygens (including phenoxy) is 1. The molecule has 0 heterocycles. The Labute approximate surface area is 110 Å². The van der Waals surface area contributed by atoms with Crippen molar-refractivity contribution in [2.24, 2.45) is 28.9 Å². The lowest BCUT2D eigenvalue weighted by Crippen LogP contribution is -2.42. The zero-order valence-electron chi connectivity index (χ0n) is 11.8. The molecule has 2 N–H and O–H groups in total. The van der Waals surface area contributed by atoms with Gasteiger partial charge >= 0.3 is 5.97 Å². The van der Waals surface area contributed by atoms with E-state index in [9.17, 15) is 4.79 Å². The topological polar surface area (TPSA) is 52.3 Å². The maximum absolute atomic E-state index is 12.2. The summed E-state index contributed by atoms with van der Waals surface area (Å²) in [4.78, 5) is 12.2. The molecule has 0 amide bonds. The van der Waals surface area contributed by atoms with E-state index in [4.69, 9.17) is 10.5 Å². The molecular weight excluding hydrogens is 226 g/mol. The Morgan fingerprint density at radius 3 is 2.56 bits per heavy atom. The highest BCUT2D eigenvalue weighted by Gasteiger charge is 2.46. The van der Waals surface area contributed by atoms with E-state index in [0.29, 0.717) is 19.1 Å². The van der Waals surface area contributed by atoms with Crippen LogP contribution in [-0.4, -0.2) is 19.1 Å². The van der Waals surface area contributed by atoms with Crippen LogP contribution in [0.2, 0.25) is 0 Å². The molecule has 2 saturated carbocycles. The molecule has 2 bridgehead atoms. The van der Waals surface area contributed by atoms with Crippen molar-refractivity contribution >= 4 is 5.97 Å². The van der Waals surface area contributed by atoms with Crippen molar-refractivity contribution in [3.63, 3.8) is 0 Å². The SMILES string of the molecule is CCOC(=O)C(CC)(CN)CC1CC2CCC1C2. The van der Waals surface area contributed by atoms with E-state index in [1.54, 1.807) is 0 Å². The molecule has 0 radical (unpaired) electrons. The van der Waals surface area contributed by atoms with Crippen molar-refractivity contribution in [3.8, 4) is 0 Å². The lowest BCUT2D eigenvalue weighted by Gasteiger charge is -2.34. The van der Waals surface area contributed by atoms with Crippen LogP contribution in [0.1, 0.15) is 52.4 Å². The molecule has 0 aliphatic heterocycles. The van der Waals surface area contributed by atoms with Gasteiger partial charge in [0.05, 0.1) is 12.0 Å². The van der Waals surface area contributed by atoms with Crippen molar-refractivity contribution in [1.82, 2.24) is 0 Å². The van der Waals surface area contributed by atoms with Crippen molar-refractivity contribution in [2.75, 3.05) is 13.2 Å². The minimum Gasteiger partial charge on any atom is -0.466 e. The number of fused-ring (bicyclic) bond motifs is 2. The average Bonchev–Trinajstić information content (AvgIpc) is 2.98. The number of carbonyl (C=O) groups is 1. The molecule has 0 spiro atoms. The molecular formula is C15H27NO2. The zero-order valence-corrected chi connectivity index (χ0v) is 11.8. The molecule has 0 saturated heterocycles. The fourth-order valence-corrected chi connectivity index (χ4v) is 4.10. The summed E-state index contributed by atoms with van der Waals surface area (Å²) in [6.07, 6.45) is 7.21. The predicted molar refractivity (Wildman–Crippen MR) is 72.0 cm³/mol. The second-order valence-corrected chi connectivity index (χ2v) is 6.20. The predicted octanol–water partition coefficient (Wildman–Crippen LogP) is 2.73. The molecule has 104 valence electrons. The summed E-state index contributed by atoms with van der Waals surface area (Å²) in [6, 6.07) is 0. The Kier molecular flexibility index (Phi) is 4.31. The maximum Gasteiger partial charge on any atom is 0.313 e. The summed E-state index contributed by atoms with van der Waals surface area (Å²) in [7, 11) is 0. The van der Waals surface area contributed by atoms with Gasteiger partial charge in [-0.25, -0.2) is 0 Å². The van der Waals surface area contributed by atoms with Gasteiger partial charge < -0.3 is 10.5 Å². The van der Waals surface area contributed by atoms with Crippen LogP contribution in [0, 0.1) is 23.2 Å². The van der Waals surface area contributed by atoms with Crippen LogP contribution < -0.4 is 5.73 Å². The van der Waals surface area contributed by atoms with Crippen LogP contribution in [0.5, 0.6) is 0 Å². The van der Waals surface area contributed by atoms with E-state index >= 15 is 0 Å². The Hall–Kier alpha value is -0.570. The summed E-state index contributed by atoms with van der Waals surface area (Å²) in [6.45, 7) is 4.82. The van der Waals surface area contributed by atoms with E-state index in [0.717, 1.165) is 24.7 Å². The molecule has 4 unspecified atom stereocenters. The highest BCUT2D eigenvalue weighted by Crippen LogP contribution is 2.52. The monoisotopic (exact) mass is 253 g/mol. The van der Waals surface area contributed by atoms with Gasteiger partial charge in [0.2, 0.25) is 0 Å². The van der Waals surface area contributed by atoms with Crippen molar-refractivity contribution in [3.05, 3.63) is 0 Å². The summed E-state index contributed by atoms with van der Waals surface area (Å²) < 4.78 is 5.26. The van der Waals surface area contributed by atoms with Crippen LogP contribution in [0.4, 0.5) is 0 Å². The first kappa shape index (κ1) is 13.9. The average molecular weight is 253 g/mol. The summed E-state index contributed by atoms with van der Waals surface area (Å²) >= 11 is 0. The molecule has 4 atom stereocenters. The number of hydrogen-bond acceptors (Lipinski definition) is 3. The highest BCUT2D eigenvalue weighted by molar-refractivity contribution is 5.77. The third kappa shape index (κ3) is 2.42. The summed E-state index contributed by atoms with van der Waals surface area (Å²) in [5, 5.41) is 0. The van der Waals surface area contributed by atoms with Crippen LogP contribution in [-0.2, 0) is 9.53 Å². The third-order valence-electron chi connectivity index (χ3n) is 5.31.